The maximum atomic E-state index is 12.9. The standard InChI is InChI=1S/C19H33FN4O3.HI/c1-4-21-19(22-10-12-24(2)11-5-13-26-3)23-14-17(25)15-27-18-8-6-16(20)7-9-18;/h6-9,17,25H,4-5,10-15H2,1-3H3,(H2,21,22,23);1H. The molecule has 1 atom stereocenters. The summed E-state index contributed by atoms with van der Waals surface area (Å²) in [5, 5.41) is 16.4. The lowest BCUT2D eigenvalue weighted by atomic mass is 10.3. The predicted octanol–water partition coefficient (Wildman–Crippen LogP) is 1.71. The zero-order valence-corrected chi connectivity index (χ0v) is 19.3. The van der Waals surface area contributed by atoms with E-state index in [9.17, 15) is 9.50 Å². The van der Waals surface area contributed by atoms with Crippen LogP contribution < -0.4 is 15.4 Å². The molecule has 0 aliphatic heterocycles. The number of aliphatic hydroxyl groups excluding tert-OH is 1. The van der Waals surface area contributed by atoms with Gasteiger partial charge in [0.15, 0.2) is 5.96 Å². The summed E-state index contributed by atoms with van der Waals surface area (Å²) in [5.41, 5.74) is 0. The van der Waals surface area contributed by atoms with Gasteiger partial charge in [-0.15, -0.1) is 24.0 Å². The molecule has 0 bridgehead atoms. The minimum absolute atomic E-state index is 0. The average molecular weight is 512 g/mol. The van der Waals surface area contributed by atoms with Gasteiger partial charge in [-0.05, 0) is 44.7 Å². The lowest BCUT2D eigenvalue weighted by Gasteiger charge is -2.18. The molecule has 1 rings (SSSR count). The molecule has 0 aromatic heterocycles. The Morgan fingerprint density at radius 2 is 1.96 bits per heavy atom. The molecule has 0 spiro atoms. The number of halogens is 2. The van der Waals surface area contributed by atoms with Gasteiger partial charge >= 0.3 is 0 Å². The van der Waals surface area contributed by atoms with Gasteiger partial charge in [0.05, 0.1) is 6.54 Å². The minimum Gasteiger partial charge on any atom is -0.491 e. The van der Waals surface area contributed by atoms with Gasteiger partial charge in [0, 0.05) is 39.9 Å². The van der Waals surface area contributed by atoms with E-state index >= 15 is 0 Å². The van der Waals surface area contributed by atoms with Crippen molar-refractivity contribution < 1.29 is 19.0 Å². The second-order valence-corrected chi connectivity index (χ2v) is 6.21. The Morgan fingerprint density at radius 3 is 2.61 bits per heavy atom. The van der Waals surface area contributed by atoms with E-state index in [0.29, 0.717) is 11.7 Å². The number of aliphatic hydroxyl groups is 1. The fourth-order valence-electron chi connectivity index (χ4n) is 2.27. The van der Waals surface area contributed by atoms with Gasteiger partial charge in [0.2, 0.25) is 0 Å². The molecule has 0 saturated carbocycles. The Balaban J connectivity index is 0.00000729. The molecular weight excluding hydrogens is 478 g/mol. The van der Waals surface area contributed by atoms with Crippen LogP contribution in [0.25, 0.3) is 0 Å². The van der Waals surface area contributed by atoms with Crippen molar-refractivity contribution in [3.63, 3.8) is 0 Å². The Bertz CT molecular complexity index is 534. The molecule has 0 aliphatic carbocycles. The third kappa shape index (κ3) is 13.1. The molecule has 0 fully saturated rings. The Morgan fingerprint density at radius 1 is 1.25 bits per heavy atom. The lowest BCUT2D eigenvalue weighted by molar-refractivity contribution is 0.114. The number of nitrogens with one attached hydrogen (secondary N) is 2. The summed E-state index contributed by atoms with van der Waals surface area (Å²) < 4.78 is 23.3. The number of likely N-dealkylation sites (N-methyl/N-ethyl adjacent to an activating group) is 1. The molecule has 3 N–H and O–H groups in total. The number of nitrogens with zero attached hydrogens (tertiary/aromatic N) is 2. The highest BCUT2D eigenvalue weighted by Crippen LogP contribution is 2.11. The first kappa shape index (κ1) is 26.8. The van der Waals surface area contributed by atoms with Gasteiger partial charge in [0.25, 0.3) is 0 Å². The largest absolute Gasteiger partial charge is 0.491 e. The van der Waals surface area contributed by atoms with Crippen LogP contribution in [-0.4, -0.2) is 82.2 Å². The predicted molar refractivity (Wildman–Crippen MR) is 121 cm³/mol. The van der Waals surface area contributed by atoms with E-state index in [1.165, 1.54) is 24.3 Å². The maximum absolute atomic E-state index is 12.9. The van der Waals surface area contributed by atoms with Gasteiger partial charge in [0.1, 0.15) is 24.3 Å². The zero-order chi connectivity index (χ0) is 19.9. The Kier molecular flexibility index (Phi) is 16.1. The van der Waals surface area contributed by atoms with E-state index in [2.05, 4.69) is 27.6 Å². The lowest BCUT2D eigenvalue weighted by Crippen LogP contribution is -2.41. The maximum Gasteiger partial charge on any atom is 0.191 e. The zero-order valence-electron chi connectivity index (χ0n) is 17.0. The van der Waals surface area contributed by atoms with Crippen LogP contribution in [0.2, 0.25) is 0 Å². The minimum atomic E-state index is -0.748. The molecule has 7 nitrogen and oxygen atoms in total. The third-order valence-electron chi connectivity index (χ3n) is 3.73. The highest BCUT2D eigenvalue weighted by molar-refractivity contribution is 14.0. The number of hydrogen-bond acceptors (Lipinski definition) is 5. The first-order chi connectivity index (χ1) is 13.0. The number of aliphatic imine (C=N–C) groups is 1. The van der Waals surface area contributed by atoms with E-state index in [1.54, 1.807) is 7.11 Å². The number of ether oxygens (including phenoxy) is 2. The smallest absolute Gasteiger partial charge is 0.191 e. The van der Waals surface area contributed by atoms with Crippen LogP contribution in [0.15, 0.2) is 29.3 Å². The monoisotopic (exact) mass is 512 g/mol. The van der Waals surface area contributed by atoms with Crippen molar-refractivity contribution in [2.45, 2.75) is 19.4 Å². The topological polar surface area (TPSA) is 78.4 Å². The van der Waals surface area contributed by atoms with Crippen LogP contribution in [0.3, 0.4) is 0 Å². The normalized spacial score (nSPS) is 12.4. The van der Waals surface area contributed by atoms with Crippen LogP contribution in [-0.2, 0) is 4.74 Å². The van der Waals surface area contributed by atoms with Crippen molar-refractivity contribution in [3.05, 3.63) is 30.1 Å². The van der Waals surface area contributed by atoms with E-state index in [-0.39, 0.29) is 42.9 Å². The molecule has 9 heteroatoms. The van der Waals surface area contributed by atoms with Gasteiger partial charge < -0.3 is 30.1 Å². The fraction of sp³-hybridized carbons (Fsp3) is 0.632. The van der Waals surface area contributed by atoms with Crippen molar-refractivity contribution in [1.29, 1.82) is 0 Å². The van der Waals surface area contributed by atoms with E-state index in [1.807, 2.05) is 6.92 Å². The summed E-state index contributed by atoms with van der Waals surface area (Å²) in [6.45, 7) is 6.39. The van der Waals surface area contributed by atoms with Crippen molar-refractivity contribution in [2.75, 3.05) is 60.1 Å². The van der Waals surface area contributed by atoms with Crippen LogP contribution in [0.5, 0.6) is 5.75 Å². The highest BCUT2D eigenvalue weighted by atomic mass is 127. The summed E-state index contributed by atoms with van der Waals surface area (Å²) in [5.74, 6) is 0.850. The number of hydrogen-bond donors (Lipinski definition) is 3. The van der Waals surface area contributed by atoms with Crippen LogP contribution in [0, 0.1) is 5.82 Å². The van der Waals surface area contributed by atoms with Gasteiger partial charge in [-0.2, -0.15) is 0 Å². The summed E-state index contributed by atoms with van der Waals surface area (Å²) >= 11 is 0. The summed E-state index contributed by atoms with van der Waals surface area (Å²) in [6.07, 6.45) is 0.253. The molecule has 0 aliphatic rings. The average Bonchev–Trinajstić information content (AvgIpc) is 2.66. The second kappa shape index (κ2) is 16.8. The summed E-state index contributed by atoms with van der Waals surface area (Å²) in [6, 6.07) is 5.69. The van der Waals surface area contributed by atoms with Gasteiger partial charge in [-0.1, -0.05) is 0 Å². The van der Waals surface area contributed by atoms with E-state index < -0.39 is 6.10 Å². The van der Waals surface area contributed by atoms with Crippen LogP contribution in [0.4, 0.5) is 4.39 Å². The summed E-state index contributed by atoms with van der Waals surface area (Å²) in [7, 11) is 3.78. The molecule has 0 amide bonds. The van der Waals surface area contributed by atoms with Crippen molar-refractivity contribution >= 4 is 29.9 Å². The van der Waals surface area contributed by atoms with Crippen LogP contribution >= 0.6 is 24.0 Å². The van der Waals surface area contributed by atoms with Crippen molar-refractivity contribution in [3.8, 4) is 5.75 Å². The molecule has 1 aromatic rings. The molecule has 0 heterocycles. The molecular formula is C19H34FIN4O3. The van der Waals surface area contributed by atoms with Crippen molar-refractivity contribution in [2.24, 2.45) is 4.99 Å². The first-order valence-electron chi connectivity index (χ1n) is 9.31. The van der Waals surface area contributed by atoms with E-state index in [0.717, 1.165) is 39.2 Å². The Labute approximate surface area is 184 Å². The Hall–Kier alpha value is -1.17. The second-order valence-electron chi connectivity index (χ2n) is 6.21. The quantitative estimate of drug-likeness (QED) is 0.162. The number of benzene rings is 1. The molecule has 1 aromatic carbocycles. The first-order valence-corrected chi connectivity index (χ1v) is 9.31. The number of rotatable bonds is 13. The molecule has 28 heavy (non-hydrogen) atoms. The highest BCUT2D eigenvalue weighted by Gasteiger charge is 2.06. The third-order valence-corrected chi connectivity index (χ3v) is 3.73. The number of methoxy groups -OCH3 is 1. The van der Waals surface area contributed by atoms with Gasteiger partial charge in [-0.25, -0.2) is 4.39 Å². The summed E-state index contributed by atoms with van der Waals surface area (Å²) in [4.78, 5) is 6.60. The van der Waals surface area contributed by atoms with E-state index in [4.69, 9.17) is 9.47 Å². The van der Waals surface area contributed by atoms with Crippen molar-refractivity contribution in [1.82, 2.24) is 15.5 Å². The molecule has 0 radical (unpaired) electrons. The molecule has 1 unspecified atom stereocenters. The fourth-order valence-corrected chi connectivity index (χ4v) is 2.27. The molecule has 0 saturated heterocycles. The van der Waals surface area contributed by atoms with Crippen LogP contribution in [0.1, 0.15) is 13.3 Å². The SMILES string of the molecule is CCNC(=NCC(O)COc1ccc(F)cc1)NCCN(C)CCCOC.I. The number of guanidine groups is 1. The molecule has 162 valence electrons. The van der Waals surface area contributed by atoms with Gasteiger partial charge in [-0.3, -0.25) is 4.99 Å².